The number of sulfonamides is 2. The van der Waals surface area contributed by atoms with Gasteiger partial charge >= 0.3 is 0 Å². The second kappa shape index (κ2) is 9.40. The molecule has 31 heavy (non-hydrogen) atoms. The predicted molar refractivity (Wildman–Crippen MR) is 121 cm³/mol. The molecule has 3 rings (SSSR count). The van der Waals surface area contributed by atoms with Gasteiger partial charge in [-0.1, -0.05) is 37.6 Å². The number of rotatable bonds is 9. The summed E-state index contributed by atoms with van der Waals surface area (Å²) in [5.74, 6) is 0.389. The first-order valence-electron chi connectivity index (χ1n) is 9.63. The van der Waals surface area contributed by atoms with Gasteiger partial charge in [0.1, 0.15) is 5.75 Å². The van der Waals surface area contributed by atoms with E-state index in [4.69, 9.17) is 4.74 Å². The maximum absolute atomic E-state index is 12.7. The van der Waals surface area contributed by atoms with Crippen LogP contribution in [0.25, 0.3) is 0 Å². The van der Waals surface area contributed by atoms with Gasteiger partial charge in [-0.15, -0.1) is 0 Å². The average molecular weight is 461 g/mol. The minimum Gasteiger partial charge on any atom is -0.495 e. The monoisotopic (exact) mass is 460 g/mol. The van der Waals surface area contributed by atoms with Crippen molar-refractivity contribution >= 4 is 31.4 Å². The summed E-state index contributed by atoms with van der Waals surface area (Å²) in [5, 5.41) is 0. The quantitative estimate of drug-likeness (QED) is 0.497. The maximum Gasteiger partial charge on any atom is 0.262 e. The summed E-state index contributed by atoms with van der Waals surface area (Å²) in [5.41, 5.74) is 1.63. The highest BCUT2D eigenvalue weighted by atomic mass is 32.2. The minimum absolute atomic E-state index is 0.00901. The number of methoxy groups -OCH3 is 1. The minimum atomic E-state index is -3.88. The topological polar surface area (TPSA) is 102 Å². The molecule has 2 N–H and O–H groups in total. The highest BCUT2D eigenvalue weighted by Crippen LogP contribution is 2.27. The Morgan fingerprint density at radius 3 is 1.87 bits per heavy atom. The second-order valence-corrected chi connectivity index (χ2v) is 10.2. The van der Waals surface area contributed by atoms with Crippen LogP contribution in [0, 0.1) is 0 Å². The van der Waals surface area contributed by atoms with Crippen molar-refractivity contribution in [3.63, 3.8) is 0 Å². The molecule has 0 radical (unpaired) electrons. The smallest absolute Gasteiger partial charge is 0.262 e. The van der Waals surface area contributed by atoms with Gasteiger partial charge in [0, 0.05) is 5.69 Å². The van der Waals surface area contributed by atoms with E-state index in [1.807, 2.05) is 0 Å². The molecule has 0 aromatic heterocycles. The van der Waals surface area contributed by atoms with Crippen molar-refractivity contribution in [3.05, 3.63) is 78.4 Å². The molecule has 0 aliphatic heterocycles. The molecular weight excluding hydrogens is 436 g/mol. The van der Waals surface area contributed by atoms with Gasteiger partial charge in [0.25, 0.3) is 20.0 Å². The molecule has 0 bridgehead atoms. The van der Waals surface area contributed by atoms with Crippen molar-refractivity contribution in [2.75, 3.05) is 16.6 Å². The Hall–Kier alpha value is -3.04. The molecular formula is C22H24N2O5S2. The second-order valence-electron chi connectivity index (χ2n) is 6.83. The van der Waals surface area contributed by atoms with Gasteiger partial charge in [-0.2, -0.15) is 0 Å². The zero-order valence-corrected chi connectivity index (χ0v) is 18.8. The van der Waals surface area contributed by atoms with E-state index in [0.717, 1.165) is 18.4 Å². The van der Waals surface area contributed by atoms with Gasteiger partial charge in [-0.3, -0.25) is 9.44 Å². The Morgan fingerprint density at radius 1 is 0.742 bits per heavy atom. The highest BCUT2D eigenvalue weighted by Gasteiger charge is 2.18. The number of ether oxygens (including phenoxy) is 1. The number of aryl methyl sites for hydroxylation is 1. The number of hydrogen-bond donors (Lipinski definition) is 2. The summed E-state index contributed by atoms with van der Waals surface area (Å²) in [7, 11) is -6.21. The van der Waals surface area contributed by atoms with E-state index in [1.165, 1.54) is 31.4 Å². The summed E-state index contributed by atoms with van der Waals surface area (Å²) < 4.78 is 60.7. The van der Waals surface area contributed by atoms with Crippen molar-refractivity contribution in [3.8, 4) is 5.75 Å². The van der Waals surface area contributed by atoms with Gasteiger partial charge in [-0.05, 0) is 60.5 Å². The number of hydrogen-bond acceptors (Lipinski definition) is 5. The number of nitrogens with one attached hydrogen (secondary N) is 2. The predicted octanol–water partition coefficient (Wildman–Crippen LogP) is 4.25. The molecule has 0 unspecified atom stereocenters. The molecule has 164 valence electrons. The first kappa shape index (κ1) is 22.6. The van der Waals surface area contributed by atoms with Crippen molar-refractivity contribution in [1.82, 2.24) is 0 Å². The highest BCUT2D eigenvalue weighted by molar-refractivity contribution is 7.93. The molecule has 0 fully saturated rings. The van der Waals surface area contributed by atoms with Crippen LogP contribution in [0.15, 0.2) is 82.6 Å². The van der Waals surface area contributed by atoms with Crippen LogP contribution in [0.2, 0.25) is 0 Å². The molecule has 0 heterocycles. The zero-order valence-electron chi connectivity index (χ0n) is 17.2. The summed E-state index contributed by atoms with van der Waals surface area (Å²) in [6, 6.07) is 18.8. The number of para-hydroxylation sites is 2. The van der Waals surface area contributed by atoms with Crippen molar-refractivity contribution < 1.29 is 21.6 Å². The van der Waals surface area contributed by atoms with Crippen LogP contribution in [0.4, 0.5) is 11.4 Å². The third-order valence-electron chi connectivity index (χ3n) is 4.54. The van der Waals surface area contributed by atoms with E-state index in [-0.39, 0.29) is 15.5 Å². The van der Waals surface area contributed by atoms with Crippen LogP contribution >= 0.6 is 0 Å². The van der Waals surface area contributed by atoms with Crippen molar-refractivity contribution in [1.29, 1.82) is 0 Å². The van der Waals surface area contributed by atoms with E-state index in [0.29, 0.717) is 11.4 Å². The number of anilines is 2. The molecule has 0 spiro atoms. The van der Waals surface area contributed by atoms with Gasteiger partial charge in [0.15, 0.2) is 0 Å². The largest absolute Gasteiger partial charge is 0.495 e. The molecule has 0 aliphatic rings. The Kier molecular flexibility index (Phi) is 6.87. The lowest BCUT2D eigenvalue weighted by atomic mass is 10.1. The van der Waals surface area contributed by atoms with Crippen molar-refractivity contribution in [2.24, 2.45) is 0 Å². The number of benzene rings is 3. The summed E-state index contributed by atoms with van der Waals surface area (Å²) in [6.07, 6.45) is 1.86. The van der Waals surface area contributed by atoms with Gasteiger partial charge < -0.3 is 4.74 Å². The van der Waals surface area contributed by atoms with E-state index >= 15 is 0 Å². The van der Waals surface area contributed by atoms with E-state index in [9.17, 15) is 16.8 Å². The third-order valence-corrected chi connectivity index (χ3v) is 7.32. The fourth-order valence-electron chi connectivity index (χ4n) is 2.97. The molecule has 0 saturated carbocycles. The maximum atomic E-state index is 12.7. The third kappa shape index (κ3) is 5.56. The molecule has 3 aromatic rings. The normalized spacial score (nSPS) is 11.7. The summed E-state index contributed by atoms with van der Waals surface area (Å²) >= 11 is 0. The molecule has 0 atom stereocenters. The van der Waals surface area contributed by atoms with Crippen LogP contribution in [-0.4, -0.2) is 23.9 Å². The lowest BCUT2D eigenvalue weighted by Gasteiger charge is -2.12. The Labute approximate surface area is 183 Å². The standard InChI is InChI=1S/C22H24N2O5S2/c1-3-6-17-9-13-19(14-10-17)30(25,26)23-18-11-15-20(16-12-18)31(27,28)24-21-7-4-5-8-22(21)29-2/h4-5,7-16,23-24H,3,6H2,1-2H3. The molecule has 0 amide bonds. The van der Waals surface area contributed by atoms with Crippen LogP contribution in [0.3, 0.4) is 0 Å². The van der Waals surface area contributed by atoms with E-state index in [2.05, 4.69) is 16.4 Å². The lowest BCUT2D eigenvalue weighted by molar-refractivity contribution is 0.417. The molecule has 0 aliphatic carbocycles. The van der Waals surface area contributed by atoms with Gasteiger partial charge in [0.05, 0.1) is 22.6 Å². The SMILES string of the molecule is CCCc1ccc(S(=O)(=O)Nc2ccc(S(=O)(=O)Nc3ccccc3OC)cc2)cc1. The lowest BCUT2D eigenvalue weighted by Crippen LogP contribution is -2.15. The summed E-state index contributed by atoms with van der Waals surface area (Å²) in [4.78, 5) is 0.132. The van der Waals surface area contributed by atoms with Crippen LogP contribution < -0.4 is 14.2 Å². The van der Waals surface area contributed by atoms with Crippen LogP contribution in [-0.2, 0) is 26.5 Å². The fraction of sp³-hybridized carbons (Fsp3) is 0.182. The van der Waals surface area contributed by atoms with Crippen LogP contribution in [0.1, 0.15) is 18.9 Å². The molecule has 7 nitrogen and oxygen atoms in total. The average Bonchev–Trinajstić information content (AvgIpc) is 2.74. The first-order valence-corrected chi connectivity index (χ1v) is 12.6. The van der Waals surface area contributed by atoms with Gasteiger partial charge in [-0.25, -0.2) is 16.8 Å². The van der Waals surface area contributed by atoms with Crippen molar-refractivity contribution in [2.45, 2.75) is 29.6 Å². The van der Waals surface area contributed by atoms with Gasteiger partial charge in [0.2, 0.25) is 0 Å². The Morgan fingerprint density at radius 2 is 1.29 bits per heavy atom. The Bertz CT molecular complexity index is 1240. The first-order chi connectivity index (χ1) is 14.7. The van der Waals surface area contributed by atoms with E-state index < -0.39 is 20.0 Å². The Balaban J connectivity index is 1.76. The molecule has 9 heteroatoms. The zero-order chi connectivity index (χ0) is 22.5. The molecule has 0 saturated heterocycles. The van der Waals surface area contributed by atoms with E-state index in [1.54, 1.807) is 48.5 Å². The van der Waals surface area contributed by atoms with Crippen LogP contribution in [0.5, 0.6) is 5.75 Å². The fourth-order valence-corrected chi connectivity index (χ4v) is 5.10. The summed E-state index contributed by atoms with van der Waals surface area (Å²) in [6.45, 7) is 2.06. The molecule has 3 aromatic carbocycles.